The van der Waals surface area contributed by atoms with Crippen LogP contribution in [0.25, 0.3) is 0 Å². The first-order valence-electron chi connectivity index (χ1n) is 6.47. The van der Waals surface area contributed by atoms with Gasteiger partial charge in [0, 0.05) is 5.33 Å². The normalized spacial score (nSPS) is 41.2. The third kappa shape index (κ3) is 2.99. The monoisotopic (exact) mass is 290 g/mol. The summed E-state index contributed by atoms with van der Waals surface area (Å²) in [6.07, 6.45) is 5.82. The van der Waals surface area contributed by atoms with E-state index < -0.39 is 5.79 Å². The van der Waals surface area contributed by atoms with Gasteiger partial charge in [0.25, 0.3) is 0 Å². The van der Waals surface area contributed by atoms with Gasteiger partial charge in [0.1, 0.15) is 0 Å². The molecule has 2 fully saturated rings. The Balaban J connectivity index is 1.81. The predicted molar refractivity (Wildman–Crippen MR) is 68.7 cm³/mol. The number of rotatable bonds is 5. The highest BCUT2D eigenvalue weighted by Crippen LogP contribution is 2.47. The lowest BCUT2D eigenvalue weighted by Gasteiger charge is -2.16. The molecule has 0 bridgehead atoms. The molecule has 3 heteroatoms. The number of halogens is 1. The Hall–Kier alpha value is 0.400. The van der Waals surface area contributed by atoms with E-state index in [-0.39, 0.29) is 6.10 Å². The van der Waals surface area contributed by atoms with Crippen LogP contribution in [0.4, 0.5) is 0 Å². The van der Waals surface area contributed by atoms with Crippen molar-refractivity contribution < 1.29 is 9.47 Å². The fraction of sp³-hybridized carbons (Fsp3) is 1.00. The van der Waals surface area contributed by atoms with E-state index in [2.05, 4.69) is 22.9 Å². The summed E-state index contributed by atoms with van der Waals surface area (Å²) in [5.41, 5.74) is 0. The van der Waals surface area contributed by atoms with Gasteiger partial charge in [0.15, 0.2) is 5.79 Å². The standard InChI is InChI=1S/C13H23BrO2/c1-4-5-9-6-10(9)7-11-12(8-14)16-13(2,3)15-11/h9-12H,4-8H2,1-3H3/t9?,10?,11-,12-/m1/s1. The van der Waals surface area contributed by atoms with E-state index in [1.54, 1.807) is 0 Å². The second kappa shape index (κ2) is 4.95. The summed E-state index contributed by atoms with van der Waals surface area (Å²) in [7, 11) is 0. The first-order chi connectivity index (χ1) is 7.55. The summed E-state index contributed by atoms with van der Waals surface area (Å²) < 4.78 is 11.8. The van der Waals surface area contributed by atoms with E-state index in [4.69, 9.17) is 9.47 Å². The van der Waals surface area contributed by atoms with E-state index in [9.17, 15) is 0 Å². The minimum absolute atomic E-state index is 0.234. The number of alkyl halides is 1. The highest BCUT2D eigenvalue weighted by molar-refractivity contribution is 9.09. The van der Waals surface area contributed by atoms with Crippen molar-refractivity contribution in [1.82, 2.24) is 0 Å². The zero-order valence-electron chi connectivity index (χ0n) is 10.5. The van der Waals surface area contributed by atoms with Gasteiger partial charge in [0.2, 0.25) is 0 Å². The van der Waals surface area contributed by atoms with Crippen molar-refractivity contribution in [2.24, 2.45) is 11.8 Å². The average molecular weight is 291 g/mol. The molecule has 94 valence electrons. The van der Waals surface area contributed by atoms with Gasteiger partial charge in [-0.1, -0.05) is 35.7 Å². The van der Waals surface area contributed by atoms with Gasteiger partial charge in [-0.3, -0.25) is 0 Å². The van der Waals surface area contributed by atoms with Crippen LogP contribution in [-0.2, 0) is 9.47 Å². The average Bonchev–Trinajstić information content (AvgIpc) is 2.84. The summed E-state index contributed by atoms with van der Waals surface area (Å²) in [5, 5.41) is 0.881. The van der Waals surface area contributed by atoms with Gasteiger partial charge in [-0.2, -0.15) is 0 Å². The third-order valence-corrected chi connectivity index (χ3v) is 4.34. The molecule has 16 heavy (non-hydrogen) atoms. The summed E-state index contributed by atoms with van der Waals surface area (Å²) in [4.78, 5) is 0. The van der Waals surface area contributed by atoms with Crippen molar-refractivity contribution >= 4 is 15.9 Å². The summed E-state index contributed by atoms with van der Waals surface area (Å²) >= 11 is 3.52. The molecule has 0 aromatic rings. The molecular weight excluding hydrogens is 268 g/mol. The van der Waals surface area contributed by atoms with Gasteiger partial charge in [-0.25, -0.2) is 0 Å². The molecule has 0 radical (unpaired) electrons. The summed E-state index contributed by atoms with van der Waals surface area (Å²) in [6, 6.07) is 0. The third-order valence-electron chi connectivity index (χ3n) is 3.70. The van der Waals surface area contributed by atoms with Gasteiger partial charge < -0.3 is 9.47 Å². The fourth-order valence-corrected chi connectivity index (χ4v) is 3.41. The fourth-order valence-electron chi connectivity index (χ4n) is 2.86. The van der Waals surface area contributed by atoms with Gasteiger partial charge >= 0.3 is 0 Å². The van der Waals surface area contributed by atoms with E-state index in [0.717, 1.165) is 17.2 Å². The number of ether oxygens (including phenoxy) is 2. The largest absolute Gasteiger partial charge is 0.345 e. The molecule has 2 unspecified atom stereocenters. The van der Waals surface area contributed by atoms with Crippen LogP contribution in [-0.4, -0.2) is 23.3 Å². The number of hydrogen-bond acceptors (Lipinski definition) is 2. The maximum atomic E-state index is 5.98. The minimum Gasteiger partial charge on any atom is -0.345 e. The smallest absolute Gasteiger partial charge is 0.163 e. The van der Waals surface area contributed by atoms with Crippen LogP contribution in [0.2, 0.25) is 0 Å². The molecule has 0 spiro atoms. The quantitative estimate of drug-likeness (QED) is 0.719. The van der Waals surface area contributed by atoms with Crippen LogP contribution in [0, 0.1) is 11.8 Å². The Kier molecular flexibility index (Phi) is 3.97. The Morgan fingerprint density at radius 2 is 1.88 bits per heavy atom. The van der Waals surface area contributed by atoms with Crippen molar-refractivity contribution in [3.63, 3.8) is 0 Å². The molecule has 1 saturated carbocycles. The van der Waals surface area contributed by atoms with Gasteiger partial charge in [-0.15, -0.1) is 0 Å². The molecule has 2 rings (SSSR count). The first-order valence-corrected chi connectivity index (χ1v) is 7.59. The van der Waals surface area contributed by atoms with Crippen LogP contribution in [0.5, 0.6) is 0 Å². The molecule has 1 aliphatic heterocycles. The highest BCUT2D eigenvalue weighted by atomic mass is 79.9. The lowest BCUT2D eigenvalue weighted by Crippen LogP contribution is -2.24. The van der Waals surface area contributed by atoms with Crippen LogP contribution in [0.15, 0.2) is 0 Å². The van der Waals surface area contributed by atoms with Crippen LogP contribution < -0.4 is 0 Å². The summed E-state index contributed by atoms with van der Waals surface area (Å²) in [6.45, 7) is 6.30. The first kappa shape index (κ1) is 12.8. The molecule has 2 aliphatic rings. The zero-order chi connectivity index (χ0) is 11.8. The number of hydrogen-bond donors (Lipinski definition) is 0. The molecule has 4 atom stereocenters. The second-order valence-electron chi connectivity index (χ2n) is 5.65. The van der Waals surface area contributed by atoms with E-state index >= 15 is 0 Å². The summed E-state index contributed by atoms with van der Waals surface area (Å²) in [5.74, 6) is 1.47. The minimum atomic E-state index is -0.391. The van der Waals surface area contributed by atoms with Crippen molar-refractivity contribution in [2.45, 2.75) is 64.4 Å². The topological polar surface area (TPSA) is 18.5 Å². The van der Waals surface area contributed by atoms with Crippen molar-refractivity contribution in [3.8, 4) is 0 Å². The highest BCUT2D eigenvalue weighted by Gasteiger charge is 2.45. The molecule has 0 aromatic carbocycles. The molecule has 0 aromatic heterocycles. The second-order valence-corrected chi connectivity index (χ2v) is 6.29. The molecule has 0 amide bonds. The SMILES string of the molecule is CCCC1CC1C[C@H]1OC(C)(C)O[C@@H]1CBr. The molecular formula is C13H23BrO2. The molecule has 1 aliphatic carbocycles. The lowest BCUT2D eigenvalue weighted by atomic mass is 10.1. The van der Waals surface area contributed by atoms with E-state index in [0.29, 0.717) is 6.10 Å². The maximum absolute atomic E-state index is 5.98. The van der Waals surface area contributed by atoms with Crippen molar-refractivity contribution in [1.29, 1.82) is 0 Å². The van der Waals surface area contributed by atoms with Crippen LogP contribution in [0.3, 0.4) is 0 Å². The van der Waals surface area contributed by atoms with Crippen molar-refractivity contribution in [3.05, 3.63) is 0 Å². The predicted octanol–water partition coefficient (Wildman–Crippen LogP) is 3.73. The Bertz CT molecular complexity index is 242. The Labute approximate surface area is 107 Å². The molecule has 2 nitrogen and oxygen atoms in total. The zero-order valence-corrected chi connectivity index (χ0v) is 12.1. The Morgan fingerprint density at radius 3 is 2.50 bits per heavy atom. The van der Waals surface area contributed by atoms with Gasteiger partial charge in [0.05, 0.1) is 12.2 Å². The van der Waals surface area contributed by atoms with Crippen LogP contribution >= 0.6 is 15.9 Å². The van der Waals surface area contributed by atoms with Crippen LogP contribution in [0.1, 0.15) is 46.5 Å². The lowest BCUT2D eigenvalue weighted by molar-refractivity contribution is -0.145. The molecule has 1 saturated heterocycles. The molecule has 0 N–H and O–H groups in total. The molecule has 1 heterocycles. The van der Waals surface area contributed by atoms with E-state index in [1.807, 2.05) is 13.8 Å². The Morgan fingerprint density at radius 1 is 1.19 bits per heavy atom. The van der Waals surface area contributed by atoms with Crippen molar-refractivity contribution in [2.75, 3.05) is 5.33 Å². The maximum Gasteiger partial charge on any atom is 0.163 e. The van der Waals surface area contributed by atoms with Gasteiger partial charge in [-0.05, 0) is 38.5 Å². The van der Waals surface area contributed by atoms with E-state index in [1.165, 1.54) is 25.7 Å².